The SMILES string of the molecule is CCOC(=O)CC#Cc1cc(C)cc(F)c1. The highest BCUT2D eigenvalue weighted by Crippen LogP contribution is 2.06. The number of hydrogen-bond acceptors (Lipinski definition) is 2. The summed E-state index contributed by atoms with van der Waals surface area (Å²) < 4.78 is 17.7. The fraction of sp³-hybridized carbons (Fsp3) is 0.308. The summed E-state index contributed by atoms with van der Waals surface area (Å²) in [6.45, 7) is 3.88. The summed E-state index contributed by atoms with van der Waals surface area (Å²) in [7, 11) is 0. The molecule has 16 heavy (non-hydrogen) atoms. The number of carbonyl (C=O) groups is 1. The third-order valence-corrected chi connectivity index (χ3v) is 1.81. The largest absolute Gasteiger partial charge is 0.465 e. The van der Waals surface area contributed by atoms with Crippen LogP contribution in [-0.2, 0) is 9.53 Å². The van der Waals surface area contributed by atoms with Gasteiger partial charge in [0.15, 0.2) is 0 Å². The fourth-order valence-corrected chi connectivity index (χ4v) is 1.24. The maximum absolute atomic E-state index is 13.0. The Morgan fingerprint density at radius 1 is 1.44 bits per heavy atom. The minimum absolute atomic E-state index is 0.0312. The molecular weight excluding hydrogens is 207 g/mol. The molecule has 0 spiro atoms. The maximum atomic E-state index is 13.0. The van der Waals surface area contributed by atoms with Crippen LogP contribution in [0.1, 0.15) is 24.5 Å². The predicted molar refractivity (Wildman–Crippen MR) is 59.3 cm³/mol. The molecule has 0 aromatic heterocycles. The van der Waals surface area contributed by atoms with Crippen LogP contribution >= 0.6 is 0 Å². The highest BCUT2D eigenvalue weighted by molar-refractivity contribution is 5.72. The number of esters is 1. The van der Waals surface area contributed by atoms with Crippen LogP contribution in [0.4, 0.5) is 4.39 Å². The second-order valence-electron chi connectivity index (χ2n) is 3.30. The van der Waals surface area contributed by atoms with Crippen molar-refractivity contribution in [1.82, 2.24) is 0 Å². The van der Waals surface area contributed by atoms with Crippen LogP contribution < -0.4 is 0 Å². The Balaban J connectivity index is 2.66. The van der Waals surface area contributed by atoms with Crippen LogP contribution in [0.5, 0.6) is 0 Å². The average molecular weight is 220 g/mol. The Morgan fingerprint density at radius 2 is 2.19 bits per heavy atom. The molecule has 1 rings (SSSR count). The van der Waals surface area contributed by atoms with Crippen LogP contribution in [0, 0.1) is 24.6 Å². The third-order valence-electron chi connectivity index (χ3n) is 1.81. The van der Waals surface area contributed by atoms with Gasteiger partial charge in [0.25, 0.3) is 0 Å². The summed E-state index contributed by atoms with van der Waals surface area (Å²) in [6.07, 6.45) is 0.0312. The molecule has 1 aromatic carbocycles. The lowest BCUT2D eigenvalue weighted by Gasteiger charge is -1.96. The smallest absolute Gasteiger partial charge is 0.317 e. The van der Waals surface area contributed by atoms with Gasteiger partial charge in [-0.1, -0.05) is 11.8 Å². The molecule has 3 heteroatoms. The summed E-state index contributed by atoms with van der Waals surface area (Å²) in [4.78, 5) is 11.0. The zero-order valence-electron chi connectivity index (χ0n) is 9.34. The van der Waals surface area contributed by atoms with E-state index >= 15 is 0 Å². The number of hydrogen-bond donors (Lipinski definition) is 0. The van der Waals surface area contributed by atoms with Crippen molar-refractivity contribution < 1.29 is 13.9 Å². The first-order chi connectivity index (χ1) is 7.61. The number of benzene rings is 1. The van der Waals surface area contributed by atoms with Crippen LogP contribution in [0.25, 0.3) is 0 Å². The Labute approximate surface area is 94.4 Å². The number of rotatable bonds is 2. The monoisotopic (exact) mass is 220 g/mol. The van der Waals surface area contributed by atoms with Gasteiger partial charge in [-0.2, -0.15) is 0 Å². The molecule has 0 aliphatic carbocycles. The second kappa shape index (κ2) is 5.92. The number of ether oxygens (including phenoxy) is 1. The lowest BCUT2D eigenvalue weighted by Crippen LogP contribution is -2.01. The van der Waals surface area contributed by atoms with Crippen molar-refractivity contribution in [3.05, 3.63) is 35.1 Å². The second-order valence-corrected chi connectivity index (χ2v) is 3.30. The van der Waals surface area contributed by atoms with Gasteiger partial charge in [0.1, 0.15) is 12.2 Å². The predicted octanol–water partition coefficient (Wildman–Crippen LogP) is 2.44. The summed E-state index contributed by atoms with van der Waals surface area (Å²) in [6, 6.07) is 4.53. The van der Waals surface area contributed by atoms with E-state index in [1.165, 1.54) is 12.1 Å². The number of aryl methyl sites for hydroxylation is 1. The average Bonchev–Trinajstić information content (AvgIpc) is 2.16. The van der Waals surface area contributed by atoms with Crippen molar-refractivity contribution in [2.45, 2.75) is 20.3 Å². The molecule has 0 aliphatic heterocycles. The standard InChI is InChI=1S/C13H13FO2/c1-3-16-13(15)6-4-5-11-7-10(2)8-12(14)9-11/h7-9H,3,6H2,1-2H3. The molecule has 0 saturated heterocycles. The van der Waals surface area contributed by atoms with E-state index in [1.807, 2.05) is 0 Å². The molecule has 0 aliphatic rings. The molecule has 0 N–H and O–H groups in total. The lowest BCUT2D eigenvalue weighted by molar-refractivity contribution is -0.141. The van der Waals surface area contributed by atoms with Crippen molar-refractivity contribution in [2.24, 2.45) is 0 Å². The lowest BCUT2D eigenvalue weighted by atomic mass is 10.1. The zero-order valence-corrected chi connectivity index (χ0v) is 9.34. The summed E-state index contributed by atoms with van der Waals surface area (Å²) >= 11 is 0. The van der Waals surface area contributed by atoms with Crippen LogP contribution in [-0.4, -0.2) is 12.6 Å². The van der Waals surface area contributed by atoms with Crippen molar-refractivity contribution in [3.63, 3.8) is 0 Å². The van der Waals surface area contributed by atoms with Gasteiger partial charge in [-0.25, -0.2) is 4.39 Å². The van der Waals surface area contributed by atoms with Gasteiger partial charge >= 0.3 is 5.97 Å². The van der Waals surface area contributed by atoms with Crippen LogP contribution in [0.15, 0.2) is 18.2 Å². The van der Waals surface area contributed by atoms with E-state index in [0.717, 1.165) is 5.56 Å². The van der Waals surface area contributed by atoms with E-state index in [9.17, 15) is 9.18 Å². The molecule has 84 valence electrons. The zero-order chi connectivity index (χ0) is 12.0. The van der Waals surface area contributed by atoms with Gasteiger partial charge in [-0.3, -0.25) is 4.79 Å². The molecule has 2 nitrogen and oxygen atoms in total. The van der Waals surface area contributed by atoms with Gasteiger partial charge < -0.3 is 4.74 Å². The number of halogens is 1. The van der Waals surface area contributed by atoms with E-state index in [0.29, 0.717) is 12.2 Å². The molecule has 0 unspecified atom stereocenters. The highest BCUT2D eigenvalue weighted by Gasteiger charge is 1.97. The summed E-state index contributed by atoms with van der Waals surface area (Å²) in [5.41, 5.74) is 1.38. The fourth-order valence-electron chi connectivity index (χ4n) is 1.24. The van der Waals surface area contributed by atoms with Gasteiger partial charge in [0, 0.05) is 5.56 Å². The molecule has 0 heterocycles. The Kier molecular flexibility index (Phi) is 4.53. The van der Waals surface area contributed by atoms with E-state index in [2.05, 4.69) is 11.8 Å². The van der Waals surface area contributed by atoms with Crippen LogP contribution in [0.2, 0.25) is 0 Å². The Morgan fingerprint density at radius 3 is 2.81 bits per heavy atom. The van der Waals surface area contributed by atoms with Crippen LogP contribution in [0.3, 0.4) is 0 Å². The highest BCUT2D eigenvalue weighted by atomic mass is 19.1. The quantitative estimate of drug-likeness (QED) is 0.565. The van der Waals surface area contributed by atoms with E-state index in [-0.39, 0.29) is 18.2 Å². The molecular formula is C13H13FO2. The van der Waals surface area contributed by atoms with Crippen molar-refractivity contribution in [3.8, 4) is 11.8 Å². The van der Waals surface area contributed by atoms with E-state index in [1.54, 1.807) is 19.9 Å². The summed E-state index contributed by atoms with van der Waals surface area (Å²) in [5.74, 6) is 4.70. The maximum Gasteiger partial charge on any atom is 0.317 e. The van der Waals surface area contributed by atoms with Crippen molar-refractivity contribution >= 4 is 5.97 Å². The van der Waals surface area contributed by atoms with Gasteiger partial charge in [0.05, 0.1) is 6.61 Å². The van der Waals surface area contributed by atoms with Gasteiger partial charge in [-0.15, -0.1) is 0 Å². The topological polar surface area (TPSA) is 26.3 Å². The molecule has 0 amide bonds. The first kappa shape index (κ1) is 12.3. The Bertz CT molecular complexity index is 421. The first-order valence-corrected chi connectivity index (χ1v) is 5.03. The molecule has 0 atom stereocenters. The van der Waals surface area contributed by atoms with Crippen molar-refractivity contribution in [2.75, 3.05) is 6.61 Å². The minimum Gasteiger partial charge on any atom is -0.465 e. The van der Waals surface area contributed by atoms with Gasteiger partial charge in [-0.05, 0) is 37.6 Å². The first-order valence-electron chi connectivity index (χ1n) is 5.03. The van der Waals surface area contributed by atoms with E-state index in [4.69, 9.17) is 4.74 Å². The van der Waals surface area contributed by atoms with E-state index < -0.39 is 0 Å². The molecule has 0 fully saturated rings. The third kappa shape index (κ3) is 4.14. The van der Waals surface area contributed by atoms with Crippen molar-refractivity contribution in [1.29, 1.82) is 0 Å². The minimum atomic E-state index is -0.358. The van der Waals surface area contributed by atoms with Gasteiger partial charge in [0.2, 0.25) is 0 Å². The molecule has 0 radical (unpaired) electrons. The molecule has 0 saturated carbocycles. The number of carbonyl (C=O) groups excluding carboxylic acids is 1. The normalized spacial score (nSPS) is 9.19. The Hall–Kier alpha value is -1.82. The molecule has 1 aromatic rings. The summed E-state index contributed by atoms with van der Waals surface area (Å²) in [5, 5.41) is 0. The molecule has 0 bridgehead atoms.